The van der Waals surface area contributed by atoms with Crippen molar-refractivity contribution in [3.05, 3.63) is 35.9 Å². The molecule has 2 nitrogen and oxygen atoms in total. The Bertz CT molecular complexity index is 339. The van der Waals surface area contributed by atoms with E-state index in [4.69, 9.17) is 4.74 Å². The minimum absolute atomic E-state index is 0.145. The first-order valence-electron chi connectivity index (χ1n) is 5.04. The van der Waals surface area contributed by atoms with Gasteiger partial charge in [-0.15, -0.1) is 0 Å². The second-order valence-corrected chi connectivity index (χ2v) is 3.77. The van der Waals surface area contributed by atoms with Crippen LogP contribution in [0, 0.1) is 0 Å². The summed E-state index contributed by atoms with van der Waals surface area (Å²) in [6, 6.07) is 9.18. The van der Waals surface area contributed by atoms with Gasteiger partial charge in [-0.2, -0.15) is 13.2 Å². The summed E-state index contributed by atoms with van der Waals surface area (Å²) < 4.78 is 41.4. The molecule has 1 heterocycles. The van der Waals surface area contributed by atoms with Gasteiger partial charge < -0.3 is 4.74 Å². The van der Waals surface area contributed by atoms with Gasteiger partial charge in [-0.25, -0.2) is 0 Å². The highest BCUT2D eigenvalue weighted by Gasteiger charge is 2.36. The van der Waals surface area contributed by atoms with Crippen LogP contribution in [0.25, 0.3) is 0 Å². The van der Waals surface area contributed by atoms with Crippen LogP contribution in [0.3, 0.4) is 0 Å². The SMILES string of the molecule is FC(F)(F)CC1N[C@H](c2ccccc2)CO1. The largest absolute Gasteiger partial charge is 0.392 e. The lowest BCUT2D eigenvalue weighted by molar-refractivity contribution is -0.157. The molecular formula is C11H12F3NO. The highest BCUT2D eigenvalue weighted by atomic mass is 19.4. The Morgan fingerprint density at radius 3 is 2.56 bits per heavy atom. The van der Waals surface area contributed by atoms with Crippen LogP contribution in [0.1, 0.15) is 18.0 Å². The molecule has 5 heteroatoms. The van der Waals surface area contributed by atoms with Crippen molar-refractivity contribution in [3.8, 4) is 0 Å². The molecule has 1 fully saturated rings. The molecule has 1 aliphatic heterocycles. The Kier molecular flexibility index (Phi) is 3.16. The maximum absolute atomic E-state index is 12.1. The molecule has 1 unspecified atom stereocenters. The van der Waals surface area contributed by atoms with Crippen molar-refractivity contribution in [1.82, 2.24) is 5.32 Å². The van der Waals surface area contributed by atoms with E-state index >= 15 is 0 Å². The van der Waals surface area contributed by atoms with E-state index in [9.17, 15) is 13.2 Å². The molecule has 0 aliphatic carbocycles. The predicted octanol–water partition coefficient (Wildman–Crippen LogP) is 2.63. The van der Waals surface area contributed by atoms with Crippen LogP contribution in [0.2, 0.25) is 0 Å². The number of hydrogen-bond donors (Lipinski definition) is 1. The summed E-state index contributed by atoms with van der Waals surface area (Å²) in [7, 11) is 0. The minimum atomic E-state index is -4.19. The molecule has 2 rings (SSSR count). The summed E-state index contributed by atoms with van der Waals surface area (Å²) >= 11 is 0. The fraction of sp³-hybridized carbons (Fsp3) is 0.455. The Morgan fingerprint density at radius 1 is 1.25 bits per heavy atom. The second-order valence-electron chi connectivity index (χ2n) is 3.77. The zero-order valence-corrected chi connectivity index (χ0v) is 8.50. The molecule has 0 aromatic heterocycles. The highest BCUT2D eigenvalue weighted by Crippen LogP contribution is 2.27. The van der Waals surface area contributed by atoms with Gasteiger partial charge in [0.2, 0.25) is 0 Å². The van der Waals surface area contributed by atoms with E-state index in [0.29, 0.717) is 0 Å². The normalized spacial score (nSPS) is 25.9. The van der Waals surface area contributed by atoms with Gasteiger partial charge in [0, 0.05) is 0 Å². The fourth-order valence-electron chi connectivity index (χ4n) is 1.74. The maximum atomic E-state index is 12.1. The van der Waals surface area contributed by atoms with E-state index in [1.54, 1.807) is 0 Å². The van der Waals surface area contributed by atoms with Crippen LogP contribution in [-0.4, -0.2) is 19.0 Å². The van der Waals surface area contributed by atoms with E-state index in [1.807, 2.05) is 30.3 Å². The molecule has 88 valence electrons. The Hall–Kier alpha value is -1.07. The number of hydrogen-bond acceptors (Lipinski definition) is 2. The first kappa shape index (κ1) is 11.4. The summed E-state index contributed by atoms with van der Waals surface area (Å²) in [4.78, 5) is 0. The van der Waals surface area contributed by atoms with Gasteiger partial charge in [0.25, 0.3) is 0 Å². The van der Waals surface area contributed by atoms with Gasteiger partial charge >= 0.3 is 6.18 Å². The Labute approximate surface area is 91.4 Å². The lowest BCUT2D eigenvalue weighted by Crippen LogP contribution is -2.30. The summed E-state index contributed by atoms with van der Waals surface area (Å²) in [5.74, 6) is 0. The van der Waals surface area contributed by atoms with Crippen LogP contribution in [0.4, 0.5) is 13.2 Å². The third-order valence-corrected chi connectivity index (χ3v) is 2.47. The molecule has 16 heavy (non-hydrogen) atoms. The number of benzene rings is 1. The summed E-state index contributed by atoms with van der Waals surface area (Å²) in [6.45, 7) is 0.283. The topological polar surface area (TPSA) is 21.3 Å². The number of ether oxygens (including phenoxy) is 1. The minimum Gasteiger partial charge on any atom is -0.361 e. The average Bonchev–Trinajstić information content (AvgIpc) is 2.65. The van der Waals surface area contributed by atoms with Gasteiger partial charge in [0.15, 0.2) is 0 Å². The Morgan fingerprint density at radius 2 is 1.94 bits per heavy atom. The number of halogens is 3. The van der Waals surface area contributed by atoms with Crippen molar-refractivity contribution in [1.29, 1.82) is 0 Å². The van der Waals surface area contributed by atoms with E-state index in [-0.39, 0.29) is 12.6 Å². The standard InChI is InChI=1S/C11H12F3NO/c12-11(13,14)6-10-15-9(7-16-10)8-4-2-1-3-5-8/h1-5,9-10,15H,6-7H2/t9-,10?/m0/s1. The summed E-state index contributed by atoms with van der Waals surface area (Å²) in [6.07, 6.45) is -6.07. The van der Waals surface area contributed by atoms with Crippen LogP contribution >= 0.6 is 0 Å². The van der Waals surface area contributed by atoms with Gasteiger partial charge in [0.05, 0.1) is 19.1 Å². The van der Waals surface area contributed by atoms with Crippen LogP contribution in [0.5, 0.6) is 0 Å². The van der Waals surface area contributed by atoms with Crippen molar-refractivity contribution in [2.75, 3.05) is 6.61 Å². The van der Waals surface area contributed by atoms with Gasteiger partial charge in [-0.1, -0.05) is 30.3 Å². The van der Waals surface area contributed by atoms with Crippen molar-refractivity contribution in [2.24, 2.45) is 0 Å². The number of rotatable bonds is 2. The third kappa shape index (κ3) is 2.96. The molecule has 1 saturated heterocycles. The molecule has 0 saturated carbocycles. The summed E-state index contributed by atoms with van der Waals surface area (Å²) in [5, 5.41) is 2.82. The first-order chi connectivity index (χ1) is 7.54. The van der Waals surface area contributed by atoms with Crippen LogP contribution in [-0.2, 0) is 4.74 Å². The van der Waals surface area contributed by atoms with Crippen LogP contribution in [0.15, 0.2) is 30.3 Å². The van der Waals surface area contributed by atoms with Gasteiger partial charge in [-0.3, -0.25) is 5.32 Å². The van der Waals surface area contributed by atoms with E-state index < -0.39 is 18.8 Å². The highest BCUT2D eigenvalue weighted by molar-refractivity contribution is 5.19. The van der Waals surface area contributed by atoms with Gasteiger partial charge in [-0.05, 0) is 5.56 Å². The number of alkyl halides is 3. The second kappa shape index (κ2) is 4.43. The molecule has 1 aromatic carbocycles. The molecule has 2 atom stereocenters. The van der Waals surface area contributed by atoms with Crippen LogP contribution < -0.4 is 5.32 Å². The fourth-order valence-corrected chi connectivity index (χ4v) is 1.74. The van der Waals surface area contributed by atoms with Crippen molar-refractivity contribution in [3.63, 3.8) is 0 Å². The third-order valence-electron chi connectivity index (χ3n) is 2.47. The first-order valence-corrected chi connectivity index (χ1v) is 5.04. The molecule has 0 radical (unpaired) electrons. The van der Waals surface area contributed by atoms with Crippen molar-refractivity contribution >= 4 is 0 Å². The molecule has 1 N–H and O–H groups in total. The molecular weight excluding hydrogens is 219 g/mol. The molecule has 1 aromatic rings. The summed E-state index contributed by atoms with van der Waals surface area (Å²) in [5.41, 5.74) is 0.951. The maximum Gasteiger partial charge on any atom is 0.392 e. The molecule has 0 bridgehead atoms. The van der Waals surface area contributed by atoms with E-state index in [0.717, 1.165) is 5.56 Å². The zero-order chi connectivity index (χ0) is 11.6. The average molecular weight is 231 g/mol. The zero-order valence-electron chi connectivity index (χ0n) is 8.50. The monoisotopic (exact) mass is 231 g/mol. The predicted molar refractivity (Wildman–Crippen MR) is 52.7 cm³/mol. The van der Waals surface area contributed by atoms with E-state index in [2.05, 4.69) is 5.32 Å². The molecule has 0 amide bonds. The quantitative estimate of drug-likeness (QED) is 0.844. The van der Waals surface area contributed by atoms with Crippen molar-refractivity contribution in [2.45, 2.75) is 24.9 Å². The number of nitrogens with one attached hydrogen (secondary N) is 1. The lowest BCUT2D eigenvalue weighted by atomic mass is 10.1. The molecule has 0 spiro atoms. The lowest BCUT2D eigenvalue weighted by Gasteiger charge is -2.14. The Balaban J connectivity index is 1.94. The van der Waals surface area contributed by atoms with E-state index in [1.165, 1.54) is 0 Å². The van der Waals surface area contributed by atoms with Crippen molar-refractivity contribution < 1.29 is 17.9 Å². The smallest absolute Gasteiger partial charge is 0.361 e. The molecule has 1 aliphatic rings. The van der Waals surface area contributed by atoms with Gasteiger partial charge in [0.1, 0.15) is 6.23 Å².